The average molecular weight is 560 g/mol. The molecule has 16 heteroatoms. The molecule has 3 heterocycles. The van der Waals surface area contributed by atoms with Gasteiger partial charge in [-0.1, -0.05) is 54.8 Å². The highest BCUT2D eigenvalue weighted by molar-refractivity contribution is 8.45. The fourth-order valence-corrected chi connectivity index (χ4v) is 5.11. The van der Waals surface area contributed by atoms with Crippen LogP contribution < -0.4 is 10.6 Å². The fraction of sp³-hybridized carbons (Fsp3) is 0.263. The van der Waals surface area contributed by atoms with E-state index in [1.54, 1.807) is 11.8 Å². The van der Waals surface area contributed by atoms with Crippen molar-refractivity contribution in [2.75, 3.05) is 24.5 Å². The Morgan fingerprint density at radius 2 is 1.77 bits per heavy atom. The summed E-state index contributed by atoms with van der Waals surface area (Å²) >= 11 is 12.1. The number of halogens is 7. The van der Waals surface area contributed by atoms with Crippen molar-refractivity contribution in [2.24, 2.45) is 0 Å². The van der Waals surface area contributed by atoms with Gasteiger partial charge < -0.3 is 14.9 Å². The summed E-state index contributed by atoms with van der Waals surface area (Å²) in [7, 11) is -10.2. The molecule has 190 valence electrons. The third-order valence-electron chi connectivity index (χ3n) is 5.45. The van der Waals surface area contributed by atoms with Crippen molar-refractivity contribution in [2.45, 2.75) is 17.9 Å². The van der Waals surface area contributed by atoms with E-state index in [1.807, 2.05) is 0 Å². The molecule has 1 N–H and O–H groups in total. The topological polar surface area (TPSA) is 91.6 Å². The average Bonchev–Trinajstić information content (AvgIpc) is 2.73. The van der Waals surface area contributed by atoms with Gasteiger partial charge in [-0.15, -0.1) is 0 Å². The zero-order valence-corrected chi connectivity index (χ0v) is 20.0. The van der Waals surface area contributed by atoms with E-state index < -0.39 is 44.3 Å². The maximum absolute atomic E-state index is 13.8. The second-order valence-electron chi connectivity index (χ2n) is 7.89. The molecular weight excluding hydrogens is 544 g/mol. The van der Waals surface area contributed by atoms with E-state index in [9.17, 15) is 34.1 Å². The molecule has 1 saturated heterocycles. The molecule has 1 amide bonds. The van der Waals surface area contributed by atoms with Crippen molar-refractivity contribution in [3.63, 3.8) is 0 Å². The predicted molar refractivity (Wildman–Crippen MR) is 123 cm³/mol. The zero-order chi connectivity index (χ0) is 26.0. The van der Waals surface area contributed by atoms with E-state index in [2.05, 4.69) is 9.97 Å². The zero-order valence-electron chi connectivity index (χ0n) is 17.6. The number of nitrogens with zero attached hydrogens (tertiary/aromatic N) is 5. The van der Waals surface area contributed by atoms with Gasteiger partial charge in [0.2, 0.25) is 0 Å². The lowest BCUT2D eigenvalue weighted by atomic mass is 10.1. The minimum absolute atomic E-state index is 0.0356. The molecule has 1 atom stereocenters. The first-order valence-electron chi connectivity index (χ1n) is 9.85. The Labute approximate surface area is 204 Å². The van der Waals surface area contributed by atoms with Crippen LogP contribution in [0.3, 0.4) is 0 Å². The smallest absolute Gasteiger partial charge is 0.407 e. The van der Waals surface area contributed by atoms with Crippen molar-refractivity contribution in [3.8, 4) is 5.69 Å². The van der Waals surface area contributed by atoms with E-state index in [-0.39, 0.29) is 47.1 Å². The Bertz CT molecular complexity index is 1440. The Hall–Kier alpha value is -2.84. The Morgan fingerprint density at radius 1 is 1.11 bits per heavy atom. The number of carboxylic acid groups (broad SMARTS) is 1. The van der Waals surface area contributed by atoms with Gasteiger partial charge in [0.1, 0.15) is 15.9 Å². The summed E-state index contributed by atoms with van der Waals surface area (Å²) in [5, 5.41) is 8.71. The molecule has 0 spiro atoms. The summed E-state index contributed by atoms with van der Waals surface area (Å²) in [6.07, 6.45) is -1.14. The van der Waals surface area contributed by atoms with Gasteiger partial charge in [-0.2, -0.15) is 4.98 Å². The number of benzene rings is 1. The summed E-state index contributed by atoms with van der Waals surface area (Å²) in [6, 6.07) is 3.41. The number of hydrogen-bond acceptors (Lipinski definition) is 5. The van der Waals surface area contributed by atoms with E-state index in [0.717, 1.165) is 17.0 Å². The lowest BCUT2D eigenvalue weighted by Gasteiger charge is -2.41. The molecule has 4 rings (SSSR count). The van der Waals surface area contributed by atoms with Gasteiger partial charge in [0, 0.05) is 25.7 Å². The first-order chi connectivity index (χ1) is 16.0. The number of anilines is 1. The molecule has 8 nitrogen and oxygen atoms in total. The van der Waals surface area contributed by atoms with E-state index in [4.69, 9.17) is 23.2 Å². The molecule has 1 aliphatic rings. The maximum atomic E-state index is 13.8. The standard InChI is InChI=1S/C19H16Cl2F5N5O3S/c1-10-9-29(19(33)34)6-7-30(10)16-11-8-12(20)15(21)27-17(11)31(18(32)28-16)13-4-2-3-5-14(13)35(22,23,24,25)26/h2-5,8,10H,6-7,9H2,1H3,(H,33,34)/t10-/m0/s1. The lowest BCUT2D eigenvalue weighted by Crippen LogP contribution is -2.54. The number of amides is 1. The lowest BCUT2D eigenvalue weighted by molar-refractivity contribution is 0.136. The Balaban J connectivity index is 2.02. The molecule has 0 saturated carbocycles. The Morgan fingerprint density at radius 3 is 2.37 bits per heavy atom. The summed E-state index contributed by atoms with van der Waals surface area (Å²) in [5.41, 5.74) is -2.97. The first-order valence-corrected chi connectivity index (χ1v) is 12.6. The molecule has 1 fully saturated rings. The molecule has 3 aromatic rings. The number of hydrogen-bond donors (Lipinski definition) is 1. The fourth-order valence-electron chi connectivity index (χ4n) is 3.93. The largest absolute Gasteiger partial charge is 0.465 e. The number of rotatable bonds is 3. The summed E-state index contributed by atoms with van der Waals surface area (Å²) in [5.74, 6) is -0.0466. The van der Waals surface area contributed by atoms with Crippen LogP contribution in [0.1, 0.15) is 6.92 Å². The van der Waals surface area contributed by atoms with Crippen LogP contribution in [0, 0.1) is 0 Å². The third kappa shape index (κ3) is 4.69. The van der Waals surface area contributed by atoms with Crippen molar-refractivity contribution in [1.82, 2.24) is 19.4 Å². The van der Waals surface area contributed by atoms with Crippen molar-refractivity contribution < 1.29 is 29.3 Å². The van der Waals surface area contributed by atoms with Gasteiger partial charge in [0.05, 0.1) is 16.1 Å². The minimum Gasteiger partial charge on any atom is -0.465 e. The number of piperazine rings is 1. The van der Waals surface area contributed by atoms with Crippen LogP contribution in [-0.2, 0) is 0 Å². The SMILES string of the molecule is C[C@H]1CN(C(=O)O)CCN1c1nc(=O)n(-c2ccccc2S(F)(F)(F)(F)F)c2nc(Cl)c(Cl)cc12. The Kier molecular flexibility index (Phi) is 5.47. The van der Waals surface area contributed by atoms with Gasteiger partial charge in [0.25, 0.3) is 0 Å². The minimum atomic E-state index is -10.2. The number of fused-ring (bicyclic) bond motifs is 1. The van der Waals surface area contributed by atoms with E-state index in [1.165, 1.54) is 6.07 Å². The molecule has 0 radical (unpaired) electrons. The van der Waals surface area contributed by atoms with E-state index >= 15 is 0 Å². The first kappa shape index (κ1) is 25.3. The van der Waals surface area contributed by atoms with Gasteiger partial charge in [0.15, 0.2) is 5.65 Å². The second-order valence-corrected chi connectivity index (χ2v) is 11.0. The molecular formula is C19H16Cl2F5N5O3S. The van der Waals surface area contributed by atoms with Crippen LogP contribution in [0.4, 0.5) is 30.0 Å². The summed E-state index contributed by atoms with van der Waals surface area (Å²) in [6.45, 7) is 1.83. The monoisotopic (exact) mass is 559 g/mol. The number of pyridine rings is 1. The molecule has 0 bridgehead atoms. The number of aromatic nitrogens is 3. The molecule has 1 aromatic carbocycles. The normalized spacial score (nSPS) is 18.9. The highest BCUT2D eigenvalue weighted by Crippen LogP contribution is 3.02. The second kappa shape index (κ2) is 7.58. The molecule has 1 aliphatic heterocycles. The predicted octanol–water partition coefficient (Wildman–Crippen LogP) is 5.93. The van der Waals surface area contributed by atoms with Crippen molar-refractivity contribution in [1.29, 1.82) is 0 Å². The highest BCUT2D eigenvalue weighted by Gasteiger charge is 2.66. The highest BCUT2D eigenvalue weighted by atomic mass is 35.5. The summed E-state index contributed by atoms with van der Waals surface area (Å²) in [4.78, 5) is 32.6. The van der Waals surface area contributed by atoms with Crippen LogP contribution in [0.5, 0.6) is 0 Å². The molecule has 0 aliphatic carbocycles. The molecule has 2 aromatic heterocycles. The van der Waals surface area contributed by atoms with Crippen molar-refractivity contribution >= 4 is 56.4 Å². The van der Waals surface area contributed by atoms with Crippen LogP contribution in [0.2, 0.25) is 10.2 Å². The third-order valence-corrected chi connectivity index (χ3v) is 7.30. The van der Waals surface area contributed by atoms with Crippen LogP contribution >= 0.6 is 33.4 Å². The summed E-state index contributed by atoms with van der Waals surface area (Å²) < 4.78 is 69.5. The van der Waals surface area contributed by atoms with Crippen LogP contribution in [-0.4, -0.2) is 56.3 Å². The van der Waals surface area contributed by atoms with Crippen molar-refractivity contribution in [3.05, 3.63) is 51.0 Å². The number of carbonyl (C=O) groups is 1. The number of para-hydroxylation sites is 1. The maximum Gasteiger partial charge on any atom is 0.407 e. The van der Waals surface area contributed by atoms with Gasteiger partial charge in [-0.3, -0.25) is 0 Å². The molecule has 35 heavy (non-hydrogen) atoms. The quantitative estimate of drug-likeness (QED) is 0.315. The van der Waals surface area contributed by atoms with Crippen LogP contribution in [0.15, 0.2) is 40.0 Å². The van der Waals surface area contributed by atoms with Gasteiger partial charge in [-0.25, -0.2) is 19.1 Å². The molecule has 0 unspecified atom stereocenters. The van der Waals surface area contributed by atoms with E-state index in [0.29, 0.717) is 10.6 Å². The van der Waals surface area contributed by atoms with Crippen LogP contribution in [0.25, 0.3) is 16.7 Å². The van der Waals surface area contributed by atoms with Gasteiger partial charge >= 0.3 is 22.0 Å². The van der Waals surface area contributed by atoms with Gasteiger partial charge in [-0.05, 0) is 25.1 Å².